The molecule has 7 aromatic rings. The normalized spacial score (nSPS) is 21.6. The lowest BCUT2D eigenvalue weighted by molar-refractivity contribution is -0.00518. The zero-order chi connectivity index (χ0) is 34.6. The molecule has 1 aromatic heterocycles. The average Bonchev–Trinajstić information content (AvgIpc) is 3.20. The van der Waals surface area contributed by atoms with Gasteiger partial charge in [-0.1, -0.05) is 121 Å². The fourth-order valence-electron chi connectivity index (χ4n) is 10.2. The van der Waals surface area contributed by atoms with Crippen molar-refractivity contribution >= 4 is 10.8 Å². The first-order valence-electron chi connectivity index (χ1n) is 18.7. The minimum absolute atomic E-state index is 0.374. The molecule has 250 valence electrons. The summed E-state index contributed by atoms with van der Waals surface area (Å²) in [7, 11) is 0. The fourth-order valence-corrected chi connectivity index (χ4v) is 10.2. The Morgan fingerprint density at radius 2 is 0.942 bits per heavy atom. The molecule has 1 heterocycles. The van der Waals surface area contributed by atoms with Gasteiger partial charge >= 0.3 is 0 Å². The van der Waals surface area contributed by atoms with Crippen LogP contribution in [-0.4, -0.2) is 15.0 Å². The van der Waals surface area contributed by atoms with E-state index in [-0.39, 0.29) is 0 Å². The van der Waals surface area contributed by atoms with Gasteiger partial charge in [0.1, 0.15) is 0 Å². The first kappa shape index (κ1) is 30.9. The third-order valence-electron chi connectivity index (χ3n) is 12.2. The lowest BCUT2D eigenvalue weighted by Crippen LogP contribution is -2.48. The molecule has 0 unspecified atom stereocenters. The van der Waals surface area contributed by atoms with E-state index >= 15 is 0 Å². The minimum Gasteiger partial charge on any atom is -0.208 e. The lowest BCUT2D eigenvalue weighted by atomic mass is 9.48. The quantitative estimate of drug-likeness (QED) is 0.177. The van der Waals surface area contributed by atoms with E-state index < -0.39 is 0 Å². The maximum Gasteiger partial charge on any atom is 0.164 e. The third kappa shape index (κ3) is 5.31. The van der Waals surface area contributed by atoms with Crippen molar-refractivity contribution in [2.75, 3.05) is 0 Å². The van der Waals surface area contributed by atoms with Gasteiger partial charge in [-0.3, -0.25) is 0 Å². The van der Waals surface area contributed by atoms with Crippen LogP contribution in [0, 0.1) is 29.1 Å². The summed E-state index contributed by atoms with van der Waals surface area (Å²) in [6.07, 6.45) is 8.48. The second kappa shape index (κ2) is 12.4. The second-order valence-corrected chi connectivity index (χ2v) is 15.4. The molecule has 52 heavy (non-hydrogen) atoms. The number of aromatic nitrogens is 3. The number of fused-ring (bicyclic) bond motifs is 1. The Kier molecular flexibility index (Phi) is 7.35. The van der Waals surface area contributed by atoms with Crippen LogP contribution >= 0.6 is 0 Å². The molecule has 4 heteroatoms. The Labute approximate surface area is 304 Å². The van der Waals surface area contributed by atoms with E-state index in [1.807, 2.05) is 42.5 Å². The van der Waals surface area contributed by atoms with Gasteiger partial charge in [-0.15, -0.1) is 0 Å². The molecule has 0 atom stereocenters. The molecule has 0 N–H and O–H groups in total. The van der Waals surface area contributed by atoms with Crippen LogP contribution in [0.1, 0.15) is 49.7 Å². The van der Waals surface area contributed by atoms with E-state index in [9.17, 15) is 5.26 Å². The average molecular weight is 671 g/mol. The molecule has 0 amide bonds. The zero-order valence-electron chi connectivity index (χ0n) is 29.0. The van der Waals surface area contributed by atoms with Gasteiger partial charge in [0.05, 0.1) is 11.6 Å². The van der Waals surface area contributed by atoms with E-state index in [2.05, 4.69) is 103 Å². The Bertz CT molecular complexity index is 2460. The van der Waals surface area contributed by atoms with Crippen molar-refractivity contribution in [1.29, 1.82) is 5.26 Å². The van der Waals surface area contributed by atoms with E-state index in [4.69, 9.17) is 15.0 Å². The predicted octanol–water partition coefficient (Wildman–Crippen LogP) is 11.7. The standard InChI is InChI=1S/C48H38N4/c49-30-31-14-16-35(17-15-31)40-22-23-44(42-12-6-5-11-41(40)42)47-51-45(37-8-2-1-3-9-37)50-46(52-47)43-13-7-4-10-39(43)36-18-20-38(21-19-36)48-27-32-24-33(28-48)26-34(25-32)29-48/h1-23,32-34H,24-29H2/t32-,33+,34-,48?. The highest BCUT2D eigenvalue weighted by Crippen LogP contribution is 2.60. The number of nitrogens with zero attached hydrogens (tertiary/aromatic N) is 4. The van der Waals surface area contributed by atoms with Crippen LogP contribution in [0.2, 0.25) is 0 Å². The summed E-state index contributed by atoms with van der Waals surface area (Å²) in [6, 6.07) is 50.9. The Balaban J connectivity index is 1.08. The van der Waals surface area contributed by atoms with Crippen molar-refractivity contribution in [3.8, 4) is 62.5 Å². The third-order valence-corrected chi connectivity index (χ3v) is 12.2. The van der Waals surface area contributed by atoms with Gasteiger partial charge in [-0.2, -0.15) is 5.26 Å². The topological polar surface area (TPSA) is 62.5 Å². The summed E-state index contributed by atoms with van der Waals surface area (Å²) < 4.78 is 0. The van der Waals surface area contributed by atoms with Crippen LogP contribution < -0.4 is 0 Å². The van der Waals surface area contributed by atoms with Crippen LogP contribution in [-0.2, 0) is 5.41 Å². The smallest absolute Gasteiger partial charge is 0.164 e. The molecule has 0 saturated heterocycles. The number of hydrogen-bond acceptors (Lipinski definition) is 4. The lowest BCUT2D eigenvalue weighted by Gasteiger charge is -2.57. The molecule has 4 nitrogen and oxygen atoms in total. The number of hydrogen-bond donors (Lipinski definition) is 0. The molecule has 4 fully saturated rings. The van der Waals surface area contributed by atoms with Crippen LogP contribution in [0.25, 0.3) is 67.2 Å². The summed E-state index contributed by atoms with van der Waals surface area (Å²) in [5.41, 5.74) is 9.92. The predicted molar refractivity (Wildman–Crippen MR) is 209 cm³/mol. The highest BCUT2D eigenvalue weighted by Gasteiger charge is 2.51. The number of benzene rings is 6. The highest BCUT2D eigenvalue weighted by atomic mass is 15.0. The highest BCUT2D eigenvalue weighted by molar-refractivity contribution is 6.04. The van der Waals surface area contributed by atoms with Gasteiger partial charge in [-0.05, 0) is 118 Å². The zero-order valence-corrected chi connectivity index (χ0v) is 29.0. The molecule has 4 bridgehead atoms. The van der Waals surface area contributed by atoms with E-state index in [0.29, 0.717) is 28.5 Å². The van der Waals surface area contributed by atoms with Crippen LogP contribution in [0.4, 0.5) is 0 Å². The second-order valence-electron chi connectivity index (χ2n) is 15.4. The maximum absolute atomic E-state index is 9.35. The molecule has 4 aliphatic carbocycles. The summed E-state index contributed by atoms with van der Waals surface area (Å²) >= 11 is 0. The van der Waals surface area contributed by atoms with Gasteiger partial charge in [0.25, 0.3) is 0 Å². The minimum atomic E-state index is 0.374. The van der Waals surface area contributed by atoms with Crippen molar-refractivity contribution in [3.63, 3.8) is 0 Å². The van der Waals surface area contributed by atoms with Gasteiger partial charge in [-0.25, -0.2) is 15.0 Å². The van der Waals surface area contributed by atoms with Crippen LogP contribution in [0.15, 0.2) is 140 Å². The number of nitriles is 1. The van der Waals surface area contributed by atoms with Gasteiger partial charge in [0, 0.05) is 16.7 Å². The van der Waals surface area contributed by atoms with Gasteiger partial charge < -0.3 is 0 Å². The van der Waals surface area contributed by atoms with Crippen LogP contribution in [0.3, 0.4) is 0 Å². The molecule has 4 saturated carbocycles. The Hall–Kier alpha value is -5.92. The summed E-state index contributed by atoms with van der Waals surface area (Å²) in [5, 5.41) is 11.5. The number of rotatable bonds is 6. The van der Waals surface area contributed by atoms with Crippen molar-refractivity contribution in [3.05, 3.63) is 151 Å². The SMILES string of the molecule is N#Cc1ccc(-c2ccc(-c3nc(-c4ccccc4)nc(-c4ccccc4-c4ccc(C56C[C@H]7C[C@@H](C5)C[C@@H](C6)C7)cc4)n3)c3ccccc23)cc1. The van der Waals surface area contributed by atoms with Crippen LogP contribution in [0.5, 0.6) is 0 Å². The van der Waals surface area contributed by atoms with E-state index in [0.717, 1.165) is 61.9 Å². The van der Waals surface area contributed by atoms with E-state index in [1.165, 1.54) is 49.7 Å². The maximum atomic E-state index is 9.35. The summed E-state index contributed by atoms with van der Waals surface area (Å²) in [6.45, 7) is 0. The molecule has 0 spiro atoms. The van der Waals surface area contributed by atoms with Crippen molar-refractivity contribution in [1.82, 2.24) is 15.0 Å². The van der Waals surface area contributed by atoms with Crippen molar-refractivity contribution in [2.24, 2.45) is 17.8 Å². The molecular weight excluding hydrogens is 633 g/mol. The summed E-state index contributed by atoms with van der Waals surface area (Å²) in [5.74, 6) is 4.71. The molecular formula is C48H38N4. The first-order valence-corrected chi connectivity index (χ1v) is 18.7. The molecule has 0 radical (unpaired) electrons. The van der Waals surface area contributed by atoms with Crippen molar-refractivity contribution < 1.29 is 0 Å². The summed E-state index contributed by atoms with van der Waals surface area (Å²) in [4.78, 5) is 15.5. The van der Waals surface area contributed by atoms with Crippen molar-refractivity contribution in [2.45, 2.75) is 43.9 Å². The van der Waals surface area contributed by atoms with Gasteiger partial charge in [0.15, 0.2) is 17.5 Å². The first-order chi connectivity index (χ1) is 25.6. The Morgan fingerprint density at radius 1 is 0.442 bits per heavy atom. The molecule has 4 aliphatic rings. The fraction of sp³-hybridized carbons (Fsp3) is 0.208. The molecule has 6 aromatic carbocycles. The largest absolute Gasteiger partial charge is 0.208 e. The Morgan fingerprint density at radius 3 is 1.60 bits per heavy atom. The molecule has 0 aliphatic heterocycles. The monoisotopic (exact) mass is 670 g/mol. The van der Waals surface area contributed by atoms with Gasteiger partial charge in [0.2, 0.25) is 0 Å². The molecule has 11 rings (SSSR count). The van der Waals surface area contributed by atoms with E-state index in [1.54, 1.807) is 0 Å².